The molecular formula is C34H51N3O5. The summed E-state index contributed by atoms with van der Waals surface area (Å²) < 4.78 is 10.8. The van der Waals surface area contributed by atoms with Gasteiger partial charge in [0.2, 0.25) is 5.91 Å². The number of carbonyl (C=O) groups excluding carboxylic acids is 3. The molecule has 0 aliphatic heterocycles. The molecule has 2 rings (SSSR count). The molecule has 3 amide bonds. The lowest BCUT2D eigenvalue weighted by atomic mass is 9.96. The molecule has 2 unspecified atom stereocenters. The van der Waals surface area contributed by atoms with E-state index in [-0.39, 0.29) is 17.7 Å². The van der Waals surface area contributed by atoms with Gasteiger partial charge in [-0.3, -0.25) is 9.59 Å². The van der Waals surface area contributed by atoms with E-state index in [2.05, 4.69) is 17.6 Å². The Balaban J connectivity index is 2.56. The van der Waals surface area contributed by atoms with Gasteiger partial charge in [0.05, 0.1) is 7.11 Å². The normalized spacial score (nSPS) is 12.8. The second-order valence-corrected chi connectivity index (χ2v) is 12.4. The van der Waals surface area contributed by atoms with Crippen molar-refractivity contribution in [2.75, 3.05) is 19.0 Å². The zero-order chi connectivity index (χ0) is 31.4. The number of methoxy groups -OCH3 is 1. The molecule has 8 heteroatoms. The Morgan fingerprint density at radius 1 is 0.929 bits per heavy atom. The first-order valence-corrected chi connectivity index (χ1v) is 15.1. The van der Waals surface area contributed by atoms with Gasteiger partial charge in [0.25, 0.3) is 5.91 Å². The average Bonchev–Trinajstić information content (AvgIpc) is 2.90. The molecule has 2 aromatic rings. The Labute approximate surface area is 252 Å². The Kier molecular flexibility index (Phi) is 13.4. The number of aryl methyl sites for hydroxylation is 2. The van der Waals surface area contributed by atoms with Gasteiger partial charge in [0.1, 0.15) is 23.4 Å². The van der Waals surface area contributed by atoms with Crippen molar-refractivity contribution in [2.24, 2.45) is 5.92 Å². The molecule has 0 heterocycles. The fourth-order valence-corrected chi connectivity index (χ4v) is 4.71. The van der Waals surface area contributed by atoms with E-state index in [1.807, 2.05) is 45.9 Å². The van der Waals surface area contributed by atoms with Crippen LogP contribution in [0.4, 0.5) is 10.5 Å². The molecule has 0 aliphatic rings. The Bertz CT molecular complexity index is 1170. The van der Waals surface area contributed by atoms with Crippen LogP contribution in [0.15, 0.2) is 42.5 Å². The minimum absolute atomic E-state index is 0.115. The number of hydrogen-bond donors (Lipinski definition) is 2. The predicted octanol–water partition coefficient (Wildman–Crippen LogP) is 7.34. The number of alkyl carbamates (subject to hydrolysis) is 1. The molecule has 0 bridgehead atoms. The number of benzene rings is 2. The van der Waals surface area contributed by atoms with Gasteiger partial charge < -0.3 is 25.0 Å². The second-order valence-electron chi connectivity index (χ2n) is 12.4. The number of anilines is 1. The quantitative estimate of drug-likeness (QED) is 0.228. The lowest BCUT2D eigenvalue weighted by Gasteiger charge is -2.35. The zero-order valence-corrected chi connectivity index (χ0v) is 27.0. The van der Waals surface area contributed by atoms with Gasteiger partial charge in [-0.15, -0.1) is 0 Å². The Morgan fingerprint density at radius 3 is 2.14 bits per heavy atom. The van der Waals surface area contributed by atoms with Gasteiger partial charge >= 0.3 is 6.09 Å². The molecule has 2 aromatic carbocycles. The van der Waals surface area contributed by atoms with Crippen LogP contribution in [-0.4, -0.2) is 48.1 Å². The molecule has 0 fully saturated rings. The van der Waals surface area contributed by atoms with E-state index in [1.165, 1.54) is 0 Å². The lowest BCUT2D eigenvalue weighted by Crippen LogP contribution is -2.53. The van der Waals surface area contributed by atoms with Crippen molar-refractivity contribution in [2.45, 2.75) is 105 Å². The summed E-state index contributed by atoms with van der Waals surface area (Å²) in [5.41, 5.74) is 2.72. The third-order valence-electron chi connectivity index (χ3n) is 7.00. The molecule has 42 heavy (non-hydrogen) atoms. The molecule has 0 saturated heterocycles. The van der Waals surface area contributed by atoms with Crippen molar-refractivity contribution >= 4 is 23.6 Å². The van der Waals surface area contributed by atoms with E-state index < -0.39 is 23.8 Å². The molecule has 8 nitrogen and oxygen atoms in total. The molecular weight excluding hydrogens is 530 g/mol. The fourth-order valence-electron chi connectivity index (χ4n) is 4.71. The number of amides is 3. The van der Waals surface area contributed by atoms with Gasteiger partial charge in [0.15, 0.2) is 0 Å². The van der Waals surface area contributed by atoms with Crippen LogP contribution < -0.4 is 15.4 Å². The van der Waals surface area contributed by atoms with Gasteiger partial charge in [-0.2, -0.15) is 0 Å². The fraction of sp³-hybridized carbons (Fsp3) is 0.559. The molecule has 0 saturated carbocycles. The van der Waals surface area contributed by atoms with Crippen LogP contribution in [0, 0.1) is 19.8 Å². The Morgan fingerprint density at radius 2 is 1.60 bits per heavy atom. The summed E-state index contributed by atoms with van der Waals surface area (Å²) in [7, 11) is 1.59. The summed E-state index contributed by atoms with van der Waals surface area (Å²) in [6.07, 6.45) is 3.48. The first kappa shape index (κ1) is 34.7. The molecule has 232 valence electrons. The molecule has 0 aromatic heterocycles. The number of carbonyl (C=O) groups is 3. The molecule has 2 atom stereocenters. The largest absolute Gasteiger partial charge is 0.497 e. The zero-order valence-electron chi connectivity index (χ0n) is 27.0. The van der Waals surface area contributed by atoms with Gasteiger partial charge in [-0.05, 0) is 94.3 Å². The number of ether oxygens (including phenoxy) is 2. The first-order chi connectivity index (χ1) is 19.7. The SMILES string of the molecule is CCCCCCN(C(=O)C(CC(C)C)NC(=O)OC(C)(C)C)C(C(=O)Nc1ccc(OC)cc1)c1ccc(C)c(C)c1. The van der Waals surface area contributed by atoms with Gasteiger partial charge in [-0.1, -0.05) is 58.2 Å². The van der Waals surface area contributed by atoms with Crippen LogP contribution in [-0.2, 0) is 14.3 Å². The van der Waals surface area contributed by atoms with E-state index >= 15 is 0 Å². The highest BCUT2D eigenvalue weighted by Crippen LogP contribution is 2.28. The number of rotatable bonds is 14. The third-order valence-corrected chi connectivity index (χ3v) is 7.00. The maximum atomic E-state index is 14.4. The van der Waals surface area contributed by atoms with E-state index in [4.69, 9.17) is 9.47 Å². The number of nitrogens with one attached hydrogen (secondary N) is 2. The first-order valence-electron chi connectivity index (χ1n) is 15.1. The van der Waals surface area contributed by atoms with Crippen molar-refractivity contribution in [3.05, 3.63) is 59.2 Å². The van der Waals surface area contributed by atoms with E-state index in [0.717, 1.165) is 36.8 Å². The second kappa shape index (κ2) is 16.2. The van der Waals surface area contributed by atoms with Crippen molar-refractivity contribution in [3.63, 3.8) is 0 Å². The lowest BCUT2D eigenvalue weighted by molar-refractivity contribution is -0.141. The molecule has 0 spiro atoms. The minimum atomic E-state index is -0.907. The summed E-state index contributed by atoms with van der Waals surface area (Å²) in [5.74, 6) is 0.159. The van der Waals surface area contributed by atoms with Crippen molar-refractivity contribution < 1.29 is 23.9 Å². The Hall–Kier alpha value is -3.55. The summed E-state index contributed by atoms with van der Waals surface area (Å²) in [4.78, 5) is 43.0. The van der Waals surface area contributed by atoms with Crippen LogP contribution in [0.2, 0.25) is 0 Å². The summed E-state index contributed by atoms with van der Waals surface area (Å²) in [6, 6.07) is 11.2. The molecule has 2 N–H and O–H groups in total. The molecule has 0 radical (unpaired) electrons. The average molecular weight is 582 g/mol. The number of nitrogens with zero attached hydrogens (tertiary/aromatic N) is 1. The van der Waals surface area contributed by atoms with Crippen LogP contribution in [0.25, 0.3) is 0 Å². The standard InChI is InChI=1S/C34H51N3O5/c1-10-11-12-13-20-37(32(39)29(21-23(2)3)36-33(40)42-34(6,7)8)30(26-15-14-24(4)25(5)22-26)31(38)35-27-16-18-28(41-9)19-17-27/h14-19,22-23,29-30H,10-13,20-21H2,1-9H3,(H,35,38)(H,36,40). The highest BCUT2D eigenvalue weighted by Gasteiger charge is 2.36. The van der Waals surface area contributed by atoms with Crippen molar-refractivity contribution in [1.29, 1.82) is 0 Å². The van der Waals surface area contributed by atoms with E-state index in [9.17, 15) is 14.4 Å². The summed E-state index contributed by atoms with van der Waals surface area (Å²) >= 11 is 0. The van der Waals surface area contributed by atoms with Crippen molar-refractivity contribution in [1.82, 2.24) is 10.2 Å². The van der Waals surface area contributed by atoms with Crippen LogP contribution in [0.3, 0.4) is 0 Å². The highest BCUT2D eigenvalue weighted by molar-refractivity contribution is 5.99. The van der Waals surface area contributed by atoms with Crippen molar-refractivity contribution in [3.8, 4) is 5.75 Å². The summed E-state index contributed by atoms with van der Waals surface area (Å²) in [5, 5.41) is 5.83. The van der Waals surface area contributed by atoms with Crippen LogP contribution >= 0.6 is 0 Å². The number of hydrogen-bond acceptors (Lipinski definition) is 5. The maximum Gasteiger partial charge on any atom is 0.408 e. The molecule has 0 aliphatic carbocycles. The maximum absolute atomic E-state index is 14.4. The topological polar surface area (TPSA) is 97.0 Å². The van der Waals surface area contributed by atoms with Crippen LogP contribution in [0.1, 0.15) is 96.4 Å². The van der Waals surface area contributed by atoms with Gasteiger partial charge in [-0.25, -0.2) is 4.79 Å². The minimum Gasteiger partial charge on any atom is -0.497 e. The third kappa shape index (κ3) is 11.0. The summed E-state index contributed by atoms with van der Waals surface area (Å²) in [6.45, 7) is 15.9. The van der Waals surface area contributed by atoms with Crippen LogP contribution in [0.5, 0.6) is 5.75 Å². The van der Waals surface area contributed by atoms with E-state index in [0.29, 0.717) is 30.0 Å². The van der Waals surface area contributed by atoms with E-state index in [1.54, 1.807) is 57.0 Å². The monoisotopic (exact) mass is 581 g/mol. The van der Waals surface area contributed by atoms with Gasteiger partial charge in [0, 0.05) is 12.2 Å². The highest BCUT2D eigenvalue weighted by atomic mass is 16.6. The predicted molar refractivity (Wildman–Crippen MR) is 169 cm³/mol. The smallest absolute Gasteiger partial charge is 0.408 e. The number of unbranched alkanes of at least 4 members (excludes halogenated alkanes) is 3.